The molecule has 9 heteroatoms. The number of thiazole rings is 1. The lowest BCUT2D eigenvalue weighted by Crippen LogP contribution is -2.37. The molecule has 154 valence electrons. The van der Waals surface area contributed by atoms with Crippen molar-refractivity contribution in [1.82, 2.24) is 23.7 Å². The van der Waals surface area contributed by atoms with Crippen molar-refractivity contribution >= 4 is 28.3 Å². The van der Waals surface area contributed by atoms with Crippen LogP contribution in [-0.4, -0.2) is 29.5 Å². The Bertz CT molecular complexity index is 1360. The Morgan fingerprint density at radius 2 is 1.83 bits per heavy atom. The molecule has 4 aromatic rings. The molecule has 0 N–H and O–H groups in total. The molecule has 0 aliphatic heterocycles. The molecule has 0 amide bonds. The number of aromatic nitrogens is 5. The molecule has 0 atom stereocenters. The molecule has 8 nitrogen and oxygen atoms in total. The molecule has 0 bridgehead atoms. The molecular weight excluding hydrogens is 402 g/mol. The average Bonchev–Trinajstić information content (AvgIpc) is 3.36. The first kappa shape index (κ1) is 20.0. The molecule has 0 fully saturated rings. The van der Waals surface area contributed by atoms with Gasteiger partial charge in [-0.05, 0) is 12.5 Å². The maximum absolute atomic E-state index is 12.5. The van der Waals surface area contributed by atoms with E-state index < -0.39 is 11.2 Å². The van der Waals surface area contributed by atoms with Gasteiger partial charge in [-0.25, -0.2) is 14.8 Å². The molecule has 0 saturated carbocycles. The van der Waals surface area contributed by atoms with Crippen LogP contribution in [0.3, 0.4) is 0 Å². The summed E-state index contributed by atoms with van der Waals surface area (Å²) in [6, 6.07) is 7.84. The van der Waals surface area contributed by atoms with Crippen LogP contribution in [0.25, 0.3) is 22.4 Å². The van der Waals surface area contributed by atoms with Crippen LogP contribution in [0.4, 0.5) is 0 Å². The highest BCUT2D eigenvalue weighted by Gasteiger charge is 2.15. The van der Waals surface area contributed by atoms with Crippen molar-refractivity contribution in [2.45, 2.75) is 26.3 Å². The molecule has 0 aliphatic rings. The van der Waals surface area contributed by atoms with E-state index in [9.17, 15) is 14.4 Å². The highest BCUT2D eigenvalue weighted by atomic mass is 32.1. The fraction of sp³-hybridized carbons (Fsp3) is 0.286. The van der Waals surface area contributed by atoms with E-state index in [0.29, 0.717) is 24.1 Å². The number of fused-ring (bicyclic) bond motifs is 1. The van der Waals surface area contributed by atoms with Crippen molar-refractivity contribution in [3.63, 3.8) is 0 Å². The second-order valence-electron chi connectivity index (χ2n) is 7.23. The third-order valence-corrected chi connectivity index (χ3v) is 5.89. The quantitative estimate of drug-likeness (QED) is 0.473. The molecular formula is C21H21N5O3S. The zero-order valence-corrected chi connectivity index (χ0v) is 17.8. The minimum absolute atomic E-state index is 0.0655. The SMILES string of the molecule is Cc1nc(-c2ccc(CC(=O)CCn3cnc4c3c(=O)n(C)c(=O)n4C)cc2)cs1. The number of rotatable bonds is 6. The van der Waals surface area contributed by atoms with Gasteiger partial charge in [0.15, 0.2) is 11.2 Å². The van der Waals surface area contributed by atoms with E-state index in [1.165, 1.54) is 17.9 Å². The van der Waals surface area contributed by atoms with Gasteiger partial charge >= 0.3 is 5.69 Å². The second kappa shape index (κ2) is 7.83. The smallest absolute Gasteiger partial charge is 0.324 e. The summed E-state index contributed by atoms with van der Waals surface area (Å²) in [6.45, 7) is 2.30. The van der Waals surface area contributed by atoms with Crippen LogP contribution in [0.15, 0.2) is 45.6 Å². The minimum atomic E-state index is -0.426. The van der Waals surface area contributed by atoms with Crippen molar-refractivity contribution in [1.29, 1.82) is 0 Å². The Balaban J connectivity index is 1.45. The van der Waals surface area contributed by atoms with Crippen molar-refractivity contribution in [3.8, 4) is 11.3 Å². The molecule has 3 aromatic heterocycles. The molecule has 0 saturated heterocycles. The van der Waals surface area contributed by atoms with Crippen LogP contribution >= 0.6 is 11.3 Å². The summed E-state index contributed by atoms with van der Waals surface area (Å²) in [6.07, 6.45) is 2.09. The summed E-state index contributed by atoms with van der Waals surface area (Å²) in [5.74, 6) is 0.0655. The number of hydrogen-bond acceptors (Lipinski definition) is 6. The van der Waals surface area contributed by atoms with Crippen LogP contribution in [0.1, 0.15) is 17.0 Å². The summed E-state index contributed by atoms with van der Waals surface area (Å²) in [4.78, 5) is 45.6. The zero-order valence-electron chi connectivity index (χ0n) is 17.0. The van der Waals surface area contributed by atoms with Crippen molar-refractivity contribution in [2.75, 3.05) is 0 Å². The number of carbonyl (C=O) groups excluding carboxylic acids is 1. The summed E-state index contributed by atoms with van der Waals surface area (Å²) in [7, 11) is 3.01. The van der Waals surface area contributed by atoms with Crippen molar-refractivity contribution < 1.29 is 4.79 Å². The topological polar surface area (TPSA) is 91.8 Å². The number of Topliss-reactive ketones (excluding diaryl/α,β-unsaturated/α-hetero) is 1. The van der Waals surface area contributed by atoms with Gasteiger partial charge in [0, 0.05) is 44.4 Å². The standard InChI is InChI=1S/C21H21N5O3S/c1-13-23-17(11-30-13)15-6-4-14(5-7-15)10-16(27)8-9-26-12-22-19-18(26)20(28)25(3)21(29)24(19)2/h4-7,11-12H,8-10H2,1-3H3. The predicted octanol–water partition coefficient (Wildman–Crippen LogP) is 2.07. The minimum Gasteiger partial charge on any atom is -0.324 e. The average molecular weight is 423 g/mol. The number of carbonyl (C=O) groups is 1. The lowest BCUT2D eigenvalue weighted by molar-refractivity contribution is -0.118. The second-order valence-corrected chi connectivity index (χ2v) is 8.29. The van der Waals surface area contributed by atoms with Gasteiger partial charge in [0.25, 0.3) is 5.56 Å². The van der Waals surface area contributed by atoms with E-state index >= 15 is 0 Å². The van der Waals surface area contributed by atoms with Gasteiger partial charge in [0.2, 0.25) is 0 Å². The largest absolute Gasteiger partial charge is 0.332 e. The highest BCUT2D eigenvalue weighted by molar-refractivity contribution is 7.09. The van der Waals surface area contributed by atoms with Crippen LogP contribution in [0.5, 0.6) is 0 Å². The molecule has 0 radical (unpaired) electrons. The van der Waals surface area contributed by atoms with Gasteiger partial charge < -0.3 is 4.57 Å². The normalized spacial score (nSPS) is 11.3. The van der Waals surface area contributed by atoms with E-state index in [-0.39, 0.29) is 12.2 Å². The molecule has 0 unspecified atom stereocenters. The Morgan fingerprint density at radius 3 is 2.50 bits per heavy atom. The van der Waals surface area contributed by atoms with E-state index in [4.69, 9.17) is 0 Å². The molecule has 4 rings (SSSR count). The van der Waals surface area contributed by atoms with Gasteiger partial charge in [-0.2, -0.15) is 0 Å². The van der Waals surface area contributed by atoms with Gasteiger partial charge in [0.1, 0.15) is 5.78 Å². The summed E-state index contributed by atoms with van der Waals surface area (Å²) in [5, 5.41) is 3.04. The van der Waals surface area contributed by atoms with Crippen LogP contribution in [0, 0.1) is 6.92 Å². The first-order valence-electron chi connectivity index (χ1n) is 9.49. The van der Waals surface area contributed by atoms with Gasteiger partial charge in [0.05, 0.1) is 17.0 Å². The van der Waals surface area contributed by atoms with Crippen LogP contribution < -0.4 is 11.2 Å². The van der Waals surface area contributed by atoms with E-state index in [1.807, 2.05) is 36.6 Å². The predicted molar refractivity (Wildman–Crippen MR) is 116 cm³/mol. The Kier molecular flexibility index (Phi) is 5.21. The number of imidazole rings is 1. The maximum Gasteiger partial charge on any atom is 0.332 e. The molecule has 1 aromatic carbocycles. The van der Waals surface area contributed by atoms with E-state index in [0.717, 1.165) is 26.4 Å². The fourth-order valence-corrected chi connectivity index (χ4v) is 4.04. The Labute approximate surface area is 176 Å². The monoisotopic (exact) mass is 423 g/mol. The number of aryl methyl sites for hydroxylation is 3. The third kappa shape index (κ3) is 3.63. The zero-order chi connectivity index (χ0) is 21.4. The van der Waals surface area contributed by atoms with Gasteiger partial charge in [-0.1, -0.05) is 24.3 Å². The Hall–Kier alpha value is -3.33. The van der Waals surface area contributed by atoms with Crippen LogP contribution in [-0.2, 0) is 31.9 Å². The molecule has 0 aliphatic carbocycles. The van der Waals surface area contributed by atoms with E-state index in [2.05, 4.69) is 9.97 Å². The lowest BCUT2D eigenvalue weighted by Gasteiger charge is -2.07. The van der Waals surface area contributed by atoms with E-state index in [1.54, 1.807) is 23.0 Å². The van der Waals surface area contributed by atoms with Crippen LogP contribution in [0.2, 0.25) is 0 Å². The van der Waals surface area contributed by atoms with Gasteiger partial charge in [-0.3, -0.25) is 18.7 Å². The fourth-order valence-electron chi connectivity index (χ4n) is 3.42. The Morgan fingerprint density at radius 1 is 1.10 bits per heavy atom. The first-order chi connectivity index (χ1) is 14.3. The van der Waals surface area contributed by atoms with Crippen molar-refractivity contribution in [3.05, 3.63) is 67.4 Å². The number of ketones is 1. The van der Waals surface area contributed by atoms with Gasteiger partial charge in [-0.15, -0.1) is 11.3 Å². The first-order valence-corrected chi connectivity index (χ1v) is 10.4. The van der Waals surface area contributed by atoms with Crippen molar-refractivity contribution in [2.24, 2.45) is 14.1 Å². The highest BCUT2D eigenvalue weighted by Crippen LogP contribution is 2.22. The molecule has 0 spiro atoms. The molecule has 30 heavy (non-hydrogen) atoms. The summed E-state index contributed by atoms with van der Waals surface area (Å²) < 4.78 is 4.02. The number of benzene rings is 1. The summed E-state index contributed by atoms with van der Waals surface area (Å²) >= 11 is 1.61. The summed E-state index contributed by atoms with van der Waals surface area (Å²) in [5.41, 5.74) is 2.72. The maximum atomic E-state index is 12.5. The number of hydrogen-bond donors (Lipinski definition) is 0. The molecule has 3 heterocycles. The third-order valence-electron chi connectivity index (χ3n) is 5.12. The lowest BCUT2D eigenvalue weighted by atomic mass is 10.0. The number of nitrogens with zero attached hydrogens (tertiary/aromatic N) is 5.